The molecule has 0 N–H and O–H groups in total. The van der Waals surface area contributed by atoms with E-state index in [2.05, 4.69) is 77.3 Å². The Kier molecular flexibility index (Phi) is 65.9. The van der Waals surface area contributed by atoms with Crippen LogP contribution in [0.4, 0.5) is 0 Å². The van der Waals surface area contributed by atoms with Gasteiger partial charge in [0.05, 0.1) is 0 Å². The van der Waals surface area contributed by atoms with Crippen molar-refractivity contribution in [3.63, 3.8) is 0 Å². The molecule has 0 saturated heterocycles. The van der Waals surface area contributed by atoms with Gasteiger partial charge in [0.1, 0.15) is 0 Å². The lowest BCUT2D eigenvalue weighted by molar-refractivity contribution is -0.0950. The van der Waals surface area contributed by atoms with E-state index in [1.54, 1.807) is 0 Å². The van der Waals surface area contributed by atoms with E-state index in [1.807, 2.05) is 4.88 Å². The van der Waals surface area contributed by atoms with Crippen molar-refractivity contribution in [3.05, 3.63) is 22.4 Å². The summed E-state index contributed by atoms with van der Waals surface area (Å²) in [7, 11) is 0. The van der Waals surface area contributed by atoms with E-state index < -0.39 is 0 Å². The third-order valence-corrected chi connectivity index (χ3v) is 24.1. The summed E-state index contributed by atoms with van der Waals surface area (Å²) < 4.78 is 0. The zero-order chi connectivity index (χ0) is 64.2. The predicted octanol–water partition coefficient (Wildman–Crippen LogP) is 34.0. The lowest BCUT2D eigenvalue weighted by Crippen LogP contribution is -2.56. The van der Waals surface area contributed by atoms with Crippen LogP contribution in [-0.4, -0.2) is 0 Å². The second kappa shape index (κ2) is 67.7. The predicted molar refractivity (Wildman–Crippen MR) is 412 cm³/mol. The molecule has 0 fully saturated rings. The van der Waals surface area contributed by atoms with Crippen molar-refractivity contribution < 1.29 is 0 Å². The molecule has 89 heavy (non-hydrogen) atoms. The van der Waals surface area contributed by atoms with E-state index in [0.717, 1.165) is 0 Å². The second-order valence-corrected chi connectivity index (χ2v) is 31.8. The molecule has 0 spiro atoms. The average Bonchev–Trinajstić information content (AvgIpc) is 1.47. The fourth-order valence-corrected chi connectivity index (χ4v) is 18.4. The van der Waals surface area contributed by atoms with Crippen LogP contribution in [0.25, 0.3) is 0 Å². The largest absolute Gasteiger partial charge is 0.148 e. The monoisotopic (exact) mass is 1260 g/mol. The number of hydrogen-bond acceptors (Lipinski definition) is 1. The number of hydrogen-bond donors (Lipinski definition) is 0. The van der Waals surface area contributed by atoms with Gasteiger partial charge in [-0.2, -0.15) is 0 Å². The average molecular weight is 1260 g/mol. The normalized spacial score (nSPS) is 12.4. The maximum Gasteiger partial charge on any atom is 0.0113 e. The maximum atomic E-state index is 2.81. The number of thiophene rings is 1. The van der Waals surface area contributed by atoms with Crippen LogP contribution in [0, 0.1) is 10.8 Å². The maximum absolute atomic E-state index is 2.81. The Morgan fingerprint density at radius 2 is 0.371 bits per heavy atom. The van der Waals surface area contributed by atoms with Crippen molar-refractivity contribution in [2.45, 2.75) is 529 Å². The van der Waals surface area contributed by atoms with Gasteiger partial charge in [-0.1, -0.05) is 485 Å². The summed E-state index contributed by atoms with van der Waals surface area (Å²) >= 11 is 2.28. The Morgan fingerprint density at radius 3 is 0.551 bits per heavy atom. The zero-order valence-corrected chi connectivity index (χ0v) is 64.3. The van der Waals surface area contributed by atoms with E-state index >= 15 is 0 Å². The standard InChI is InChI=1S/C88H172S/c1-8-15-22-29-36-42-48-55-62-69-78-86(77-68-61-54-35-28-21-14-7,79-70-63-56-49-43-37-30-23-16-9-2)88(82-73-66-59-52-46-40-33-26-19-12-5,83-74-67-60-53-47-41-34-27-20-13-6)87(85-76-75-84-89-85,80-71-64-57-50-44-38-31-24-17-10-3)81-72-65-58-51-45-39-32-25-18-11-4/h75-76,84H,8-74,77-83H2,1-7H3. The van der Waals surface area contributed by atoms with E-state index in [-0.39, 0.29) is 5.41 Å². The molecule has 1 aromatic heterocycles. The van der Waals surface area contributed by atoms with Crippen molar-refractivity contribution in [3.8, 4) is 0 Å². The quantitative estimate of drug-likeness (QED) is 0.0570. The van der Waals surface area contributed by atoms with Gasteiger partial charge in [-0.3, -0.25) is 0 Å². The van der Waals surface area contributed by atoms with Gasteiger partial charge in [0, 0.05) is 10.3 Å². The number of rotatable bonds is 77. The first-order chi connectivity index (χ1) is 44.0. The van der Waals surface area contributed by atoms with Crippen LogP contribution in [0.1, 0.15) is 528 Å². The first-order valence-corrected chi connectivity index (χ1v) is 43.9. The highest BCUT2D eigenvalue weighted by Gasteiger charge is 2.60. The van der Waals surface area contributed by atoms with Gasteiger partial charge < -0.3 is 0 Å². The highest BCUT2D eigenvalue weighted by Crippen LogP contribution is 2.68. The molecule has 1 heterocycles. The Labute approximate surface area is 570 Å². The fraction of sp³-hybridized carbons (Fsp3) is 0.955. The van der Waals surface area contributed by atoms with Gasteiger partial charge in [0.2, 0.25) is 0 Å². The molecule has 0 aliphatic heterocycles. The molecular weight excluding hydrogens is 1090 g/mol. The number of unbranched alkanes of at least 4 members (excludes halogenated alkanes) is 60. The minimum absolute atomic E-state index is 0.276. The summed E-state index contributed by atoms with van der Waals surface area (Å²) in [5.74, 6) is 0. The van der Waals surface area contributed by atoms with E-state index in [4.69, 9.17) is 0 Å². The van der Waals surface area contributed by atoms with Crippen LogP contribution in [0.2, 0.25) is 0 Å². The highest BCUT2D eigenvalue weighted by molar-refractivity contribution is 7.10. The molecule has 0 aliphatic rings. The molecule has 0 aliphatic carbocycles. The molecular formula is C88H172S. The van der Waals surface area contributed by atoms with Crippen molar-refractivity contribution in [1.82, 2.24) is 0 Å². The van der Waals surface area contributed by atoms with Gasteiger partial charge in [0.15, 0.2) is 0 Å². The molecule has 0 nitrogen and oxygen atoms in total. The summed E-state index contributed by atoms with van der Waals surface area (Å²) in [5, 5.41) is 2.59. The molecule has 1 aromatic rings. The highest BCUT2D eigenvalue weighted by atomic mass is 32.1. The lowest BCUT2D eigenvalue weighted by Gasteiger charge is -2.63. The molecule has 0 bridgehead atoms. The molecule has 0 aromatic carbocycles. The van der Waals surface area contributed by atoms with Crippen LogP contribution >= 0.6 is 11.3 Å². The minimum atomic E-state index is 0.276. The van der Waals surface area contributed by atoms with Crippen LogP contribution in [0.15, 0.2) is 17.5 Å². The molecule has 530 valence electrons. The van der Waals surface area contributed by atoms with E-state index in [1.165, 1.54) is 475 Å². The molecule has 0 atom stereocenters. The van der Waals surface area contributed by atoms with Crippen molar-refractivity contribution in [2.24, 2.45) is 10.8 Å². The van der Waals surface area contributed by atoms with Gasteiger partial charge in [0.25, 0.3) is 0 Å². The summed E-state index contributed by atoms with van der Waals surface area (Å²) in [6, 6.07) is 5.38. The zero-order valence-electron chi connectivity index (χ0n) is 63.5. The molecule has 0 unspecified atom stereocenters. The first kappa shape index (κ1) is 86.7. The summed E-state index contributed by atoms with van der Waals surface area (Å²) in [6.07, 6.45) is 108. The smallest absolute Gasteiger partial charge is 0.0113 e. The summed E-state index contributed by atoms with van der Waals surface area (Å²) in [6.45, 7) is 16.7. The molecule has 0 radical (unpaired) electrons. The third kappa shape index (κ3) is 45.7. The van der Waals surface area contributed by atoms with Crippen LogP contribution in [-0.2, 0) is 5.41 Å². The van der Waals surface area contributed by atoms with Crippen LogP contribution in [0.3, 0.4) is 0 Å². The van der Waals surface area contributed by atoms with Gasteiger partial charge in [-0.15, -0.1) is 11.3 Å². The Bertz CT molecular complexity index is 1370. The van der Waals surface area contributed by atoms with Crippen LogP contribution in [0.5, 0.6) is 0 Å². The minimum Gasteiger partial charge on any atom is -0.148 e. The Balaban J connectivity index is 4.27. The third-order valence-electron chi connectivity index (χ3n) is 23.0. The Hall–Kier alpha value is -0.300. The first-order valence-electron chi connectivity index (χ1n) is 43.1. The summed E-state index contributed by atoms with van der Waals surface area (Å²) in [4.78, 5) is 1.89. The lowest BCUT2D eigenvalue weighted by atomic mass is 9.41. The molecule has 0 saturated carbocycles. The second-order valence-electron chi connectivity index (χ2n) is 30.9. The van der Waals surface area contributed by atoms with Gasteiger partial charge >= 0.3 is 0 Å². The van der Waals surface area contributed by atoms with Crippen molar-refractivity contribution in [2.75, 3.05) is 0 Å². The molecule has 0 amide bonds. The van der Waals surface area contributed by atoms with E-state index in [9.17, 15) is 0 Å². The van der Waals surface area contributed by atoms with Crippen LogP contribution < -0.4 is 0 Å². The molecule has 1 heteroatoms. The van der Waals surface area contributed by atoms with Crippen molar-refractivity contribution >= 4 is 11.3 Å². The molecule has 1 rings (SSSR count). The van der Waals surface area contributed by atoms with Gasteiger partial charge in [-0.05, 0) is 67.2 Å². The van der Waals surface area contributed by atoms with Gasteiger partial charge in [-0.25, -0.2) is 0 Å². The SMILES string of the molecule is CCCCCCCCCCCCC(CCCCCCCCC)(CCCCCCCCCCCC)C(CCCCCCCCCCCC)(CCCCCCCCCCCC)C(CCCCCCCCCCCC)(CCCCCCCCCCCC)c1cccs1. The fourth-order valence-electron chi connectivity index (χ4n) is 17.3. The van der Waals surface area contributed by atoms with E-state index in [0.29, 0.717) is 10.8 Å². The topological polar surface area (TPSA) is 0 Å². The summed E-state index contributed by atoms with van der Waals surface area (Å²) in [5.41, 5.74) is 1.04. The Morgan fingerprint density at radius 1 is 0.202 bits per heavy atom. The van der Waals surface area contributed by atoms with Crippen molar-refractivity contribution in [1.29, 1.82) is 0 Å².